The molecular formula is C18H38N6. The van der Waals surface area contributed by atoms with E-state index in [0.717, 1.165) is 45.4 Å². The lowest BCUT2D eigenvalue weighted by atomic mass is 10.1. The zero-order chi connectivity index (χ0) is 17.5. The van der Waals surface area contributed by atoms with Crippen LogP contribution in [0.3, 0.4) is 0 Å². The van der Waals surface area contributed by atoms with Gasteiger partial charge in [0.25, 0.3) is 0 Å². The van der Waals surface area contributed by atoms with Crippen LogP contribution >= 0.6 is 0 Å². The van der Waals surface area contributed by atoms with Crippen molar-refractivity contribution in [3.05, 3.63) is 0 Å². The highest BCUT2D eigenvalue weighted by Crippen LogP contribution is 2.09. The van der Waals surface area contributed by atoms with Gasteiger partial charge in [0, 0.05) is 19.6 Å². The van der Waals surface area contributed by atoms with Crippen LogP contribution in [-0.2, 0) is 0 Å². The second-order valence-electron chi connectivity index (χ2n) is 6.73. The fourth-order valence-electron chi connectivity index (χ4n) is 3.03. The highest BCUT2D eigenvalue weighted by Gasteiger charge is 2.09. The van der Waals surface area contributed by atoms with Crippen LogP contribution in [0.4, 0.5) is 0 Å². The first-order chi connectivity index (χ1) is 11.7. The molecule has 0 fully saturated rings. The fourth-order valence-corrected chi connectivity index (χ4v) is 3.03. The van der Waals surface area contributed by atoms with Gasteiger partial charge in [0.1, 0.15) is 0 Å². The van der Waals surface area contributed by atoms with Gasteiger partial charge in [-0.15, -0.1) is 0 Å². The largest absolute Gasteiger partial charge is 0.369 e. The third-order valence-corrected chi connectivity index (χ3v) is 4.55. The Labute approximate surface area is 148 Å². The summed E-state index contributed by atoms with van der Waals surface area (Å²) >= 11 is 0. The SMILES string of the molecule is NCCCCCCCCN1CCCCCCCCN=C(N)/N=C/1N. The molecule has 0 saturated carbocycles. The maximum atomic E-state index is 6.17. The van der Waals surface area contributed by atoms with E-state index in [2.05, 4.69) is 14.9 Å². The molecular weight excluding hydrogens is 300 g/mol. The number of hydrogen-bond donors (Lipinski definition) is 3. The number of hydrogen-bond acceptors (Lipinski definition) is 6. The van der Waals surface area contributed by atoms with Gasteiger partial charge in [-0.2, -0.15) is 4.99 Å². The minimum absolute atomic E-state index is 0.318. The van der Waals surface area contributed by atoms with E-state index in [1.165, 1.54) is 57.8 Å². The van der Waals surface area contributed by atoms with E-state index in [1.54, 1.807) is 0 Å². The van der Waals surface area contributed by atoms with Crippen molar-refractivity contribution in [2.45, 2.75) is 77.0 Å². The molecule has 1 aliphatic rings. The van der Waals surface area contributed by atoms with Crippen molar-refractivity contribution in [1.82, 2.24) is 4.90 Å². The van der Waals surface area contributed by atoms with Crippen molar-refractivity contribution in [1.29, 1.82) is 0 Å². The number of unbranched alkanes of at least 4 members (excludes halogenated alkanes) is 5. The van der Waals surface area contributed by atoms with Crippen LogP contribution in [0, 0.1) is 0 Å². The molecule has 140 valence electrons. The lowest BCUT2D eigenvalue weighted by Crippen LogP contribution is -2.40. The quantitative estimate of drug-likeness (QED) is 0.591. The van der Waals surface area contributed by atoms with Crippen molar-refractivity contribution in [3.63, 3.8) is 0 Å². The third-order valence-electron chi connectivity index (χ3n) is 4.55. The average Bonchev–Trinajstić information content (AvgIpc) is 2.58. The van der Waals surface area contributed by atoms with Gasteiger partial charge >= 0.3 is 0 Å². The Kier molecular flexibility index (Phi) is 12.2. The molecule has 1 rings (SSSR count). The molecule has 0 aromatic heterocycles. The highest BCUT2D eigenvalue weighted by atomic mass is 15.3. The molecule has 0 bridgehead atoms. The Bertz CT molecular complexity index is 367. The van der Waals surface area contributed by atoms with Crippen LogP contribution in [0.5, 0.6) is 0 Å². The second kappa shape index (κ2) is 14.1. The van der Waals surface area contributed by atoms with Gasteiger partial charge in [-0.3, -0.25) is 4.99 Å². The molecule has 1 aliphatic heterocycles. The summed E-state index contributed by atoms with van der Waals surface area (Å²) in [5.74, 6) is 0.845. The van der Waals surface area contributed by atoms with E-state index in [9.17, 15) is 0 Å². The summed E-state index contributed by atoms with van der Waals surface area (Å²) < 4.78 is 0. The monoisotopic (exact) mass is 338 g/mol. The fraction of sp³-hybridized carbons (Fsp3) is 0.889. The van der Waals surface area contributed by atoms with Crippen LogP contribution < -0.4 is 17.2 Å². The van der Waals surface area contributed by atoms with Crippen LogP contribution in [0.2, 0.25) is 0 Å². The van der Waals surface area contributed by atoms with Crippen LogP contribution in [-0.4, -0.2) is 43.0 Å². The summed E-state index contributed by atoms with van der Waals surface area (Å²) in [4.78, 5) is 10.8. The van der Waals surface area contributed by atoms with Crippen molar-refractivity contribution < 1.29 is 0 Å². The minimum atomic E-state index is 0.318. The summed E-state index contributed by atoms with van der Waals surface area (Å²) in [6.45, 7) is 3.49. The number of nitrogens with zero attached hydrogens (tertiary/aromatic N) is 3. The normalized spacial score (nSPS) is 20.3. The van der Waals surface area contributed by atoms with Gasteiger partial charge in [-0.1, -0.05) is 51.4 Å². The third kappa shape index (κ3) is 10.5. The number of aliphatic imine (C=N–C) groups is 2. The smallest absolute Gasteiger partial charge is 0.218 e. The Morgan fingerprint density at radius 3 is 2.17 bits per heavy atom. The zero-order valence-corrected chi connectivity index (χ0v) is 15.4. The molecule has 0 spiro atoms. The van der Waals surface area contributed by atoms with E-state index in [4.69, 9.17) is 17.2 Å². The molecule has 0 atom stereocenters. The molecule has 6 nitrogen and oxygen atoms in total. The predicted octanol–water partition coefficient (Wildman–Crippen LogP) is 2.57. The van der Waals surface area contributed by atoms with Crippen LogP contribution in [0.15, 0.2) is 9.98 Å². The van der Waals surface area contributed by atoms with E-state index in [0.29, 0.717) is 11.9 Å². The summed E-state index contributed by atoms with van der Waals surface area (Å²) in [6.07, 6.45) is 14.7. The zero-order valence-electron chi connectivity index (χ0n) is 15.4. The molecule has 0 aliphatic carbocycles. The Morgan fingerprint density at radius 1 is 0.792 bits per heavy atom. The van der Waals surface area contributed by atoms with Crippen molar-refractivity contribution in [3.8, 4) is 0 Å². The van der Waals surface area contributed by atoms with Gasteiger partial charge in [-0.25, -0.2) is 0 Å². The van der Waals surface area contributed by atoms with Gasteiger partial charge in [0.05, 0.1) is 0 Å². The maximum absolute atomic E-state index is 6.17. The lowest BCUT2D eigenvalue weighted by Gasteiger charge is -2.23. The van der Waals surface area contributed by atoms with E-state index in [1.807, 2.05) is 0 Å². The molecule has 6 N–H and O–H groups in total. The average molecular weight is 339 g/mol. The summed E-state index contributed by atoms with van der Waals surface area (Å²) in [6, 6.07) is 0. The first-order valence-electron chi connectivity index (χ1n) is 9.83. The molecule has 0 aromatic rings. The van der Waals surface area contributed by atoms with Crippen LogP contribution in [0.1, 0.15) is 77.0 Å². The Hall–Kier alpha value is -1.30. The molecule has 1 heterocycles. The first-order valence-corrected chi connectivity index (χ1v) is 9.83. The van der Waals surface area contributed by atoms with Gasteiger partial charge in [0.15, 0.2) is 5.96 Å². The van der Waals surface area contributed by atoms with Crippen molar-refractivity contribution >= 4 is 11.9 Å². The maximum Gasteiger partial charge on any atom is 0.218 e. The van der Waals surface area contributed by atoms with Crippen LogP contribution in [0.25, 0.3) is 0 Å². The molecule has 0 amide bonds. The minimum Gasteiger partial charge on any atom is -0.369 e. The van der Waals surface area contributed by atoms with Gasteiger partial charge in [0.2, 0.25) is 5.96 Å². The highest BCUT2D eigenvalue weighted by molar-refractivity contribution is 5.93. The molecule has 6 heteroatoms. The topological polar surface area (TPSA) is 106 Å². The predicted molar refractivity (Wildman–Crippen MR) is 104 cm³/mol. The standard InChI is InChI=1S/C18H38N6/c19-13-9-5-1-3-7-11-15-24-16-12-8-4-2-6-10-14-22-17(20)23-18(24)21/h1-16,19H2,(H4,20,21,22,23). The van der Waals surface area contributed by atoms with E-state index in [-0.39, 0.29) is 0 Å². The van der Waals surface area contributed by atoms with Gasteiger partial charge < -0.3 is 22.1 Å². The lowest BCUT2D eigenvalue weighted by molar-refractivity contribution is 0.381. The summed E-state index contributed by atoms with van der Waals surface area (Å²) in [5.41, 5.74) is 17.6. The van der Waals surface area contributed by atoms with Crippen molar-refractivity contribution in [2.24, 2.45) is 27.2 Å². The number of guanidine groups is 2. The number of rotatable bonds is 8. The number of nitrogens with two attached hydrogens (primary N) is 3. The first kappa shape index (κ1) is 20.7. The van der Waals surface area contributed by atoms with E-state index < -0.39 is 0 Å². The van der Waals surface area contributed by atoms with E-state index >= 15 is 0 Å². The summed E-state index contributed by atoms with van der Waals surface area (Å²) in [5, 5.41) is 0. The van der Waals surface area contributed by atoms with Gasteiger partial charge in [-0.05, 0) is 32.2 Å². The van der Waals surface area contributed by atoms with Crippen molar-refractivity contribution in [2.75, 3.05) is 26.2 Å². The second-order valence-corrected chi connectivity index (χ2v) is 6.73. The Morgan fingerprint density at radius 2 is 1.42 bits per heavy atom. The summed E-state index contributed by atoms with van der Waals surface area (Å²) in [7, 11) is 0. The molecule has 0 radical (unpaired) electrons. The molecule has 24 heavy (non-hydrogen) atoms. The molecule has 0 saturated heterocycles. The molecule has 0 unspecified atom stereocenters. The Balaban J connectivity index is 2.41. The molecule has 0 aromatic carbocycles.